The lowest BCUT2D eigenvalue weighted by atomic mass is 10.2. The summed E-state index contributed by atoms with van der Waals surface area (Å²) in [5.74, 6) is 1.22. The molecule has 17 heavy (non-hydrogen) atoms. The first-order valence-corrected chi connectivity index (χ1v) is 5.80. The summed E-state index contributed by atoms with van der Waals surface area (Å²) in [7, 11) is 0. The molecule has 4 heteroatoms. The largest absolute Gasteiger partial charge is 0.493 e. The Balaban J connectivity index is 2.42. The number of carbonyl (C=O) groups is 1. The highest BCUT2D eigenvalue weighted by Crippen LogP contribution is 2.13. The number of nitrogens with one attached hydrogen (secondary N) is 1. The number of amides is 1. The van der Waals surface area contributed by atoms with Gasteiger partial charge in [-0.3, -0.25) is 4.79 Å². The minimum Gasteiger partial charge on any atom is -0.493 e. The summed E-state index contributed by atoms with van der Waals surface area (Å²) in [5, 5.41) is 2.71. The van der Waals surface area contributed by atoms with Crippen LogP contribution in [0.4, 0.5) is 0 Å². The molecule has 0 bridgehead atoms. The fourth-order valence-corrected chi connectivity index (χ4v) is 1.24. The first-order valence-electron chi connectivity index (χ1n) is 5.80. The van der Waals surface area contributed by atoms with Gasteiger partial charge < -0.3 is 15.8 Å². The van der Waals surface area contributed by atoms with Crippen molar-refractivity contribution in [1.29, 1.82) is 0 Å². The van der Waals surface area contributed by atoms with E-state index in [2.05, 4.69) is 19.2 Å². The molecule has 0 aliphatic heterocycles. The van der Waals surface area contributed by atoms with Gasteiger partial charge in [0.2, 0.25) is 5.91 Å². The number of rotatable bonds is 6. The molecule has 0 aliphatic carbocycles. The average Bonchev–Trinajstić information content (AvgIpc) is 2.34. The smallest absolute Gasteiger partial charge is 0.234 e. The molecule has 3 N–H and O–H groups in total. The molecule has 0 spiro atoms. The van der Waals surface area contributed by atoms with E-state index in [0.717, 1.165) is 11.3 Å². The van der Waals surface area contributed by atoms with E-state index in [1.807, 2.05) is 24.3 Å². The lowest BCUT2D eigenvalue weighted by Gasteiger charge is -2.09. The van der Waals surface area contributed by atoms with Crippen molar-refractivity contribution >= 4 is 5.91 Å². The van der Waals surface area contributed by atoms with Crippen LogP contribution in [0.2, 0.25) is 0 Å². The number of benzene rings is 1. The van der Waals surface area contributed by atoms with E-state index < -0.39 is 0 Å². The predicted molar refractivity (Wildman–Crippen MR) is 67.7 cm³/mol. The molecule has 0 aromatic heterocycles. The van der Waals surface area contributed by atoms with Crippen LogP contribution < -0.4 is 15.8 Å². The quantitative estimate of drug-likeness (QED) is 0.782. The Kier molecular flexibility index (Phi) is 5.49. The first-order chi connectivity index (χ1) is 8.11. The van der Waals surface area contributed by atoms with Gasteiger partial charge in [-0.05, 0) is 23.6 Å². The van der Waals surface area contributed by atoms with Gasteiger partial charge in [0.1, 0.15) is 5.75 Å². The summed E-state index contributed by atoms with van der Waals surface area (Å²) >= 11 is 0. The highest BCUT2D eigenvalue weighted by molar-refractivity contribution is 5.77. The molecule has 1 aromatic carbocycles. The Morgan fingerprint density at radius 3 is 2.53 bits per heavy atom. The van der Waals surface area contributed by atoms with Crippen LogP contribution in [0.25, 0.3) is 0 Å². The summed E-state index contributed by atoms with van der Waals surface area (Å²) in [6, 6.07) is 7.69. The Morgan fingerprint density at radius 1 is 1.35 bits per heavy atom. The zero-order valence-electron chi connectivity index (χ0n) is 10.4. The molecule has 0 heterocycles. The molecule has 94 valence electrons. The topological polar surface area (TPSA) is 64.3 Å². The van der Waals surface area contributed by atoms with E-state index in [4.69, 9.17) is 10.5 Å². The van der Waals surface area contributed by atoms with Crippen LogP contribution in [-0.2, 0) is 11.3 Å². The maximum absolute atomic E-state index is 11.0. The third kappa shape index (κ3) is 5.36. The van der Waals surface area contributed by atoms with Crippen LogP contribution in [0.5, 0.6) is 5.75 Å². The second kappa shape index (κ2) is 6.91. The van der Waals surface area contributed by atoms with Gasteiger partial charge in [0, 0.05) is 6.54 Å². The molecule has 0 radical (unpaired) electrons. The van der Waals surface area contributed by atoms with E-state index >= 15 is 0 Å². The third-order valence-electron chi connectivity index (χ3n) is 2.18. The fourth-order valence-electron chi connectivity index (χ4n) is 1.24. The second-order valence-electron chi connectivity index (χ2n) is 4.33. The standard InChI is InChI=1S/C13H20N2O2/c1-10(2)9-17-12-5-3-11(4-6-12)8-15-13(16)7-14/h3-6,10H,7-9,14H2,1-2H3,(H,15,16). The van der Waals surface area contributed by atoms with Crippen molar-refractivity contribution in [1.82, 2.24) is 5.32 Å². The number of ether oxygens (including phenoxy) is 1. The van der Waals surface area contributed by atoms with Crippen molar-refractivity contribution in [3.05, 3.63) is 29.8 Å². The molecule has 1 aromatic rings. The van der Waals surface area contributed by atoms with E-state index in [1.54, 1.807) is 0 Å². The van der Waals surface area contributed by atoms with E-state index in [-0.39, 0.29) is 12.5 Å². The SMILES string of the molecule is CC(C)COc1ccc(CNC(=O)CN)cc1. The molecule has 0 fully saturated rings. The van der Waals surface area contributed by atoms with Gasteiger partial charge in [0.25, 0.3) is 0 Å². The highest BCUT2D eigenvalue weighted by Gasteiger charge is 1.99. The van der Waals surface area contributed by atoms with Gasteiger partial charge in [-0.1, -0.05) is 26.0 Å². The van der Waals surface area contributed by atoms with Crippen molar-refractivity contribution in [2.24, 2.45) is 11.7 Å². The van der Waals surface area contributed by atoms with Crippen LogP contribution >= 0.6 is 0 Å². The van der Waals surface area contributed by atoms with Gasteiger partial charge in [0.05, 0.1) is 13.2 Å². The van der Waals surface area contributed by atoms with Gasteiger partial charge >= 0.3 is 0 Å². The summed E-state index contributed by atoms with van der Waals surface area (Å²) in [5.41, 5.74) is 6.23. The maximum Gasteiger partial charge on any atom is 0.234 e. The Bertz CT molecular complexity index is 347. The van der Waals surface area contributed by atoms with E-state index in [1.165, 1.54) is 0 Å². The molecule has 0 aliphatic rings. The summed E-state index contributed by atoms with van der Waals surface area (Å²) in [6.45, 7) is 5.45. The predicted octanol–water partition coefficient (Wildman–Crippen LogP) is 1.30. The first kappa shape index (κ1) is 13.5. The molecular weight excluding hydrogens is 216 g/mol. The molecule has 0 atom stereocenters. The lowest BCUT2D eigenvalue weighted by molar-refractivity contribution is -0.119. The van der Waals surface area contributed by atoms with Crippen molar-refractivity contribution in [3.8, 4) is 5.75 Å². The molecular formula is C13H20N2O2. The zero-order valence-corrected chi connectivity index (χ0v) is 10.4. The summed E-state index contributed by atoms with van der Waals surface area (Å²) in [4.78, 5) is 11.0. The average molecular weight is 236 g/mol. The fraction of sp³-hybridized carbons (Fsp3) is 0.462. The van der Waals surface area contributed by atoms with Gasteiger partial charge in [-0.25, -0.2) is 0 Å². The molecule has 1 rings (SSSR count). The highest BCUT2D eigenvalue weighted by atomic mass is 16.5. The molecule has 1 amide bonds. The molecule has 0 unspecified atom stereocenters. The molecule has 4 nitrogen and oxygen atoms in total. The minimum absolute atomic E-state index is 0.0234. The monoisotopic (exact) mass is 236 g/mol. The number of hydrogen-bond acceptors (Lipinski definition) is 3. The van der Waals surface area contributed by atoms with Crippen LogP contribution in [0.3, 0.4) is 0 Å². The summed E-state index contributed by atoms with van der Waals surface area (Å²) < 4.78 is 5.56. The summed E-state index contributed by atoms with van der Waals surface area (Å²) in [6.07, 6.45) is 0. The maximum atomic E-state index is 11.0. The van der Waals surface area contributed by atoms with Crippen molar-refractivity contribution in [3.63, 3.8) is 0 Å². The Labute approximate surface area is 102 Å². The van der Waals surface area contributed by atoms with Crippen LogP contribution in [0.15, 0.2) is 24.3 Å². The van der Waals surface area contributed by atoms with Crippen LogP contribution in [0, 0.1) is 5.92 Å². The van der Waals surface area contributed by atoms with Crippen LogP contribution in [0.1, 0.15) is 19.4 Å². The van der Waals surface area contributed by atoms with Crippen molar-refractivity contribution in [2.75, 3.05) is 13.2 Å². The lowest BCUT2D eigenvalue weighted by Crippen LogP contribution is -2.29. The number of nitrogens with two attached hydrogens (primary N) is 1. The van der Waals surface area contributed by atoms with Crippen LogP contribution in [-0.4, -0.2) is 19.1 Å². The normalized spacial score (nSPS) is 10.4. The molecule has 0 saturated heterocycles. The number of hydrogen-bond donors (Lipinski definition) is 2. The molecule has 0 saturated carbocycles. The Hall–Kier alpha value is -1.55. The van der Waals surface area contributed by atoms with Crippen molar-refractivity contribution < 1.29 is 9.53 Å². The van der Waals surface area contributed by atoms with E-state index in [9.17, 15) is 4.79 Å². The zero-order chi connectivity index (χ0) is 12.7. The van der Waals surface area contributed by atoms with Crippen molar-refractivity contribution in [2.45, 2.75) is 20.4 Å². The van der Waals surface area contributed by atoms with E-state index in [0.29, 0.717) is 19.1 Å². The second-order valence-corrected chi connectivity index (χ2v) is 4.33. The van der Waals surface area contributed by atoms with Gasteiger partial charge in [-0.2, -0.15) is 0 Å². The van der Waals surface area contributed by atoms with Gasteiger partial charge in [0.15, 0.2) is 0 Å². The van der Waals surface area contributed by atoms with Gasteiger partial charge in [-0.15, -0.1) is 0 Å². The number of carbonyl (C=O) groups excluding carboxylic acids is 1. The Morgan fingerprint density at radius 2 is 2.00 bits per heavy atom. The minimum atomic E-state index is -0.148. The third-order valence-corrected chi connectivity index (χ3v) is 2.18.